The molecule has 0 unspecified atom stereocenters. The monoisotopic (exact) mass is 436 g/mol. The van der Waals surface area contributed by atoms with Crippen LogP contribution in [0.25, 0.3) is 0 Å². The summed E-state index contributed by atoms with van der Waals surface area (Å²) in [7, 11) is 0. The number of esters is 1. The predicted octanol–water partition coefficient (Wildman–Crippen LogP) is 2.01. The van der Waals surface area contributed by atoms with Crippen LogP contribution >= 0.6 is 23.1 Å². The quantitative estimate of drug-likeness (QED) is 0.573. The van der Waals surface area contributed by atoms with E-state index in [0.29, 0.717) is 0 Å². The molecule has 4 aliphatic rings. The molecule has 2 bridgehead atoms. The SMILES string of the molecule is CCOC(=O)CCN1C(=O)[C@H]2[C@@H]3C[C@@H]([C@@H]2C1=O)[C@@H]1[C@@H]3Sc2[nH]c(=O)sc2C1(C)C. The number of H-pyrrole nitrogens is 1. The number of fused-ring (bicyclic) bond motifs is 9. The zero-order valence-corrected chi connectivity index (χ0v) is 18.2. The molecule has 3 heterocycles. The van der Waals surface area contributed by atoms with Gasteiger partial charge in [0, 0.05) is 22.1 Å². The molecule has 0 radical (unpaired) electrons. The fourth-order valence-electron chi connectivity index (χ4n) is 6.37. The van der Waals surface area contributed by atoms with Crippen molar-refractivity contribution < 1.29 is 19.1 Å². The molecule has 7 nitrogen and oxygen atoms in total. The summed E-state index contributed by atoms with van der Waals surface area (Å²) >= 11 is 2.96. The number of nitrogens with zero attached hydrogens (tertiary/aromatic N) is 1. The van der Waals surface area contributed by atoms with Crippen LogP contribution < -0.4 is 4.87 Å². The second kappa shape index (κ2) is 6.44. The lowest BCUT2D eigenvalue weighted by atomic mass is 9.64. The van der Waals surface area contributed by atoms with E-state index in [2.05, 4.69) is 18.8 Å². The van der Waals surface area contributed by atoms with E-state index in [1.807, 2.05) is 0 Å². The third-order valence-corrected chi connectivity index (χ3v) is 10.1. The number of likely N-dealkylation sites (tertiary alicyclic amines) is 1. The third kappa shape index (κ3) is 2.55. The van der Waals surface area contributed by atoms with Crippen molar-refractivity contribution in [3.05, 3.63) is 14.5 Å². The Morgan fingerprint density at radius 3 is 2.59 bits per heavy atom. The zero-order valence-electron chi connectivity index (χ0n) is 16.6. The Hall–Kier alpha value is -1.61. The Balaban J connectivity index is 1.43. The van der Waals surface area contributed by atoms with Gasteiger partial charge in [0.2, 0.25) is 11.8 Å². The molecule has 2 aliphatic heterocycles. The molecule has 1 saturated heterocycles. The van der Waals surface area contributed by atoms with E-state index in [-0.39, 0.29) is 82.5 Å². The highest BCUT2D eigenvalue weighted by Crippen LogP contribution is 2.68. The van der Waals surface area contributed by atoms with Crippen molar-refractivity contribution in [1.29, 1.82) is 0 Å². The largest absolute Gasteiger partial charge is 0.466 e. The number of thioether (sulfide) groups is 1. The zero-order chi connectivity index (χ0) is 20.7. The first kappa shape index (κ1) is 19.4. The number of nitrogens with one attached hydrogen (secondary N) is 1. The summed E-state index contributed by atoms with van der Waals surface area (Å²) in [6, 6.07) is 0. The van der Waals surface area contributed by atoms with Crippen LogP contribution in [0.1, 0.15) is 38.5 Å². The van der Waals surface area contributed by atoms with Crippen molar-refractivity contribution in [2.24, 2.45) is 29.6 Å². The van der Waals surface area contributed by atoms with Crippen LogP contribution in [-0.2, 0) is 24.5 Å². The Morgan fingerprint density at radius 2 is 1.90 bits per heavy atom. The van der Waals surface area contributed by atoms with Crippen LogP contribution in [0.15, 0.2) is 9.82 Å². The number of thiazole rings is 1. The lowest BCUT2D eigenvalue weighted by Crippen LogP contribution is -2.48. The summed E-state index contributed by atoms with van der Waals surface area (Å²) in [5.74, 6) is -0.653. The maximum atomic E-state index is 13.2. The Labute approximate surface area is 176 Å². The number of aromatic nitrogens is 1. The van der Waals surface area contributed by atoms with Gasteiger partial charge in [0.25, 0.3) is 0 Å². The van der Waals surface area contributed by atoms with Crippen LogP contribution in [-0.4, -0.2) is 46.1 Å². The summed E-state index contributed by atoms with van der Waals surface area (Å²) in [6.45, 7) is 6.47. The predicted molar refractivity (Wildman–Crippen MR) is 108 cm³/mol. The highest BCUT2D eigenvalue weighted by atomic mass is 32.2. The Kier molecular flexibility index (Phi) is 4.30. The summed E-state index contributed by atoms with van der Waals surface area (Å²) in [5, 5.41) is 1.17. The normalized spacial score (nSPS) is 36.2. The molecule has 6 atom stereocenters. The van der Waals surface area contributed by atoms with Gasteiger partial charge in [-0.2, -0.15) is 0 Å². The minimum absolute atomic E-state index is 0.0413. The summed E-state index contributed by atoms with van der Waals surface area (Å²) in [6.07, 6.45) is 0.940. The topological polar surface area (TPSA) is 96.5 Å². The minimum Gasteiger partial charge on any atom is -0.466 e. The van der Waals surface area contributed by atoms with Gasteiger partial charge in [-0.3, -0.25) is 24.1 Å². The molecule has 29 heavy (non-hydrogen) atoms. The van der Waals surface area contributed by atoms with Crippen LogP contribution in [0.2, 0.25) is 0 Å². The smallest absolute Gasteiger partial charge is 0.307 e. The standard InChI is InChI=1S/C20H24N2O5S2/c1-4-27-10(23)5-6-22-17(24)11-8-7-9(12(11)18(22)25)14-13(8)20(2,3)15-16(28-14)21-19(26)29-15/h8-9,11-14H,4-7H2,1-3H3,(H,21,26)/t8-,9-,11-,12-,13+,14+/m0/s1. The van der Waals surface area contributed by atoms with Gasteiger partial charge in [0.05, 0.1) is 29.9 Å². The van der Waals surface area contributed by atoms with Gasteiger partial charge in [0.1, 0.15) is 0 Å². The van der Waals surface area contributed by atoms with E-state index >= 15 is 0 Å². The number of amides is 2. The number of ether oxygens (including phenoxy) is 1. The fourth-order valence-corrected chi connectivity index (χ4v) is 9.53. The maximum Gasteiger partial charge on any atom is 0.307 e. The van der Waals surface area contributed by atoms with E-state index in [9.17, 15) is 19.2 Å². The van der Waals surface area contributed by atoms with E-state index in [1.165, 1.54) is 16.2 Å². The lowest BCUT2D eigenvalue weighted by molar-refractivity contribution is -0.145. The van der Waals surface area contributed by atoms with Crippen molar-refractivity contribution in [2.45, 2.75) is 49.3 Å². The van der Waals surface area contributed by atoms with Crippen molar-refractivity contribution in [3.63, 3.8) is 0 Å². The van der Waals surface area contributed by atoms with Crippen LogP contribution in [0.3, 0.4) is 0 Å². The molecule has 5 rings (SSSR count). The molecule has 3 fully saturated rings. The maximum absolute atomic E-state index is 13.2. The second-order valence-electron chi connectivity index (χ2n) is 9.00. The van der Waals surface area contributed by atoms with E-state index in [1.54, 1.807) is 18.7 Å². The molecule has 156 valence electrons. The number of hydrogen-bond donors (Lipinski definition) is 1. The van der Waals surface area contributed by atoms with Gasteiger partial charge >= 0.3 is 10.8 Å². The van der Waals surface area contributed by atoms with Crippen molar-refractivity contribution in [1.82, 2.24) is 9.88 Å². The highest BCUT2D eigenvalue weighted by Gasteiger charge is 2.70. The van der Waals surface area contributed by atoms with Crippen LogP contribution in [0, 0.1) is 29.6 Å². The van der Waals surface area contributed by atoms with Gasteiger partial charge in [-0.25, -0.2) is 0 Å². The van der Waals surface area contributed by atoms with E-state index < -0.39 is 0 Å². The average Bonchev–Trinajstić information content (AvgIpc) is 3.36. The van der Waals surface area contributed by atoms with Crippen LogP contribution in [0.5, 0.6) is 0 Å². The van der Waals surface area contributed by atoms with E-state index in [4.69, 9.17) is 4.74 Å². The summed E-state index contributed by atoms with van der Waals surface area (Å²) in [5.41, 5.74) is -0.207. The van der Waals surface area contributed by atoms with Crippen molar-refractivity contribution >= 4 is 40.9 Å². The number of imide groups is 1. The first-order valence-electron chi connectivity index (χ1n) is 10.2. The molecule has 2 amide bonds. The molecule has 1 aromatic heterocycles. The Morgan fingerprint density at radius 1 is 1.21 bits per heavy atom. The van der Waals surface area contributed by atoms with Crippen molar-refractivity contribution in [3.8, 4) is 0 Å². The molecule has 9 heteroatoms. The number of carbonyl (C=O) groups excluding carboxylic acids is 3. The van der Waals surface area contributed by atoms with Gasteiger partial charge in [-0.05, 0) is 31.1 Å². The van der Waals surface area contributed by atoms with Gasteiger partial charge in [-0.1, -0.05) is 25.2 Å². The van der Waals surface area contributed by atoms with Crippen LogP contribution in [0.4, 0.5) is 0 Å². The lowest BCUT2D eigenvalue weighted by Gasteiger charge is -2.47. The molecule has 1 N–H and O–H groups in total. The second-order valence-corrected chi connectivity index (χ2v) is 11.2. The van der Waals surface area contributed by atoms with Gasteiger partial charge in [-0.15, -0.1) is 11.8 Å². The number of carbonyl (C=O) groups is 3. The molecule has 2 saturated carbocycles. The fraction of sp³-hybridized carbons (Fsp3) is 0.700. The first-order valence-corrected chi connectivity index (χ1v) is 11.9. The number of rotatable bonds is 4. The van der Waals surface area contributed by atoms with Crippen molar-refractivity contribution in [2.75, 3.05) is 13.2 Å². The van der Waals surface area contributed by atoms with Gasteiger partial charge < -0.3 is 9.72 Å². The average molecular weight is 437 g/mol. The molecule has 1 aromatic rings. The first-order chi connectivity index (χ1) is 13.8. The molecule has 2 aliphatic carbocycles. The summed E-state index contributed by atoms with van der Waals surface area (Å²) < 4.78 is 4.94. The molecular formula is C20H24N2O5S2. The number of hydrogen-bond acceptors (Lipinski definition) is 7. The molecular weight excluding hydrogens is 412 g/mol. The number of aromatic amines is 1. The minimum atomic E-state index is -0.383. The highest BCUT2D eigenvalue weighted by molar-refractivity contribution is 8.00. The third-order valence-electron chi connectivity index (χ3n) is 7.33. The van der Waals surface area contributed by atoms with Gasteiger partial charge in [0.15, 0.2) is 0 Å². The molecule has 0 aromatic carbocycles. The van der Waals surface area contributed by atoms with E-state index in [0.717, 1.165) is 16.3 Å². The molecule has 0 spiro atoms. The summed E-state index contributed by atoms with van der Waals surface area (Å²) in [4.78, 5) is 55.3. The Bertz CT molecular complexity index is 966.